The number of rotatable bonds is 3. The molecule has 2 saturated heterocycles. The van der Waals surface area contributed by atoms with Gasteiger partial charge in [-0.1, -0.05) is 0 Å². The van der Waals surface area contributed by atoms with E-state index < -0.39 is 61.3 Å². The maximum absolute atomic E-state index is 10.3. The third-order valence-corrected chi connectivity index (χ3v) is 4.52. The van der Waals surface area contributed by atoms with Crippen molar-refractivity contribution in [2.24, 2.45) is 5.92 Å². The largest absolute Gasteiger partial charge is 0.394 e. The second-order valence-corrected chi connectivity index (χ2v) is 5.87. The molecule has 21 heavy (non-hydrogen) atoms. The summed E-state index contributed by atoms with van der Waals surface area (Å²) < 4.78 is 0. The Morgan fingerprint density at radius 3 is 2.00 bits per heavy atom. The molecule has 2 rings (SSSR count). The molecule has 8 N–H and O–H groups in total. The van der Waals surface area contributed by atoms with Gasteiger partial charge in [0, 0.05) is 19.0 Å². The predicted molar refractivity (Wildman–Crippen MR) is 68.0 cm³/mol. The predicted octanol–water partition coefficient (Wildman–Crippen LogP) is -5.18. The lowest BCUT2D eigenvalue weighted by Crippen LogP contribution is -2.72. The first-order chi connectivity index (χ1) is 9.79. The number of hydrogen-bond acceptors (Lipinski definition) is 9. The van der Waals surface area contributed by atoms with Crippen LogP contribution in [0, 0.1) is 5.92 Å². The maximum Gasteiger partial charge on any atom is 0.109 e. The van der Waals surface area contributed by atoms with Gasteiger partial charge in [0.2, 0.25) is 0 Å². The monoisotopic (exact) mass is 309 g/mol. The second kappa shape index (κ2) is 6.41. The average molecular weight is 309 g/mol. The number of fused-ring (bicyclic) bond motifs is 1. The van der Waals surface area contributed by atoms with Crippen LogP contribution in [0.25, 0.3) is 0 Å². The zero-order valence-corrected chi connectivity index (χ0v) is 11.3. The molecule has 0 radical (unpaired) electrons. The minimum atomic E-state index is -1.58. The van der Waals surface area contributed by atoms with Gasteiger partial charge in [-0.3, -0.25) is 4.90 Å². The maximum atomic E-state index is 10.3. The standard InChI is InChI=1S/C12H23NO8/c14-3-6(17)9(18)7-4(15)1-13-2-5(16)10(19)12(21)8(13)11(7)20/h4-12,14-21H,1-3H2/t4-,5-,6+,7+,8?,9-,10+,11-,12+/m0/s1. The fourth-order valence-electron chi connectivity index (χ4n) is 3.34. The molecule has 0 aromatic rings. The van der Waals surface area contributed by atoms with Crippen LogP contribution in [0.3, 0.4) is 0 Å². The van der Waals surface area contributed by atoms with E-state index in [0.717, 1.165) is 0 Å². The highest BCUT2D eigenvalue weighted by Gasteiger charge is 2.53. The minimum Gasteiger partial charge on any atom is -0.394 e. The summed E-state index contributed by atoms with van der Waals surface area (Å²) in [6.07, 6.45) is -9.90. The van der Waals surface area contributed by atoms with Crippen molar-refractivity contribution in [1.82, 2.24) is 4.90 Å². The van der Waals surface area contributed by atoms with Crippen LogP contribution in [0.1, 0.15) is 0 Å². The summed E-state index contributed by atoms with van der Waals surface area (Å²) >= 11 is 0. The number of nitrogens with zero attached hydrogens (tertiary/aromatic N) is 1. The molecule has 2 aliphatic rings. The Morgan fingerprint density at radius 2 is 1.43 bits per heavy atom. The topological polar surface area (TPSA) is 165 Å². The number of aliphatic hydroxyl groups is 8. The molecule has 2 fully saturated rings. The number of piperidine rings is 2. The van der Waals surface area contributed by atoms with E-state index in [-0.39, 0.29) is 13.1 Å². The zero-order chi connectivity index (χ0) is 15.9. The first-order valence-electron chi connectivity index (χ1n) is 6.91. The summed E-state index contributed by atoms with van der Waals surface area (Å²) in [6, 6.07) is -0.989. The van der Waals surface area contributed by atoms with Crippen molar-refractivity contribution < 1.29 is 40.9 Å². The van der Waals surface area contributed by atoms with Crippen molar-refractivity contribution in [3.05, 3.63) is 0 Å². The second-order valence-electron chi connectivity index (χ2n) is 5.87. The van der Waals surface area contributed by atoms with Crippen molar-refractivity contribution in [1.29, 1.82) is 0 Å². The summed E-state index contributed by atoms with van der Waals surface area (Å²) in [6.45, 7) is -0.833. The smallest absolute Gasteiger partial charge is 0.109 e. The van der Waals surface area contributed by atoms with Crippen LogP contribution in [-0.2, 0) is 0 Å². The molecule has 0 bridgehead atoms. The van der Waals surface area contributed by atoms with Crippen molar-refractivity contribution >= 4 is 0 Å². The molecule has 0 aliphatic carbocycles. The molecule has 9 nitrogen and oxygen atoms in total. The highest BCUT2D eigenvalue weighted by atomic mass is 16.4. The molecule has 0 saturated carbocycles. The molecule has 0 aromatic heterocycles. The van der Waals surface area contributed by atoms with Crippen LogP contribution in [0.4, 0.5) is 0 Å². The highest BCUT2D eigenvalue weighted by molar-refractivity contribution is 5.06. The molecular formula is C12H23NO8. The van der Waals surface area contributed by atoms with Gasteiger partial charge in [-0.25, -0.2) is 0 Å². The van der Waals surface area contributed by atoms with Crippen molar-refractivity contribution in [3.8, 4) is 0 Å². The molecule has 0 spiro atoms. The summed E-state index contributed by atoms with van der Waals surface area (Å²) in [5.74, 6) is -1.19. The van der Waals surface area contributed by atoms with Gasteiger partial charge in [0.25, 0.3) is 0 Å². The van der Waals surface area contributed by atoms with Gasteiger partial charge >= 0.3 is 0 Å². The van der Waals surface area contributed by atoms with E-state index in [0.29, 0.717) is 0 Å². The lowest BCUT2D eigenvalue weighted by atomic mass is 9.75. The zero-order valence-electron chi connectivity index (χ0n) is 11.3. The van der Waals surface area contributed by atoms with Crippen LogP contribution >= 0.6 is 0 Å². The summed E-state index contributed by atoms with van der Waals surface area (Å²) in [5.41, 5.74) is 0. The lowest BCUT2D eigenvalue weighted by Gasteiger charge is -2.53. The van der Waals surface area contributed by atoms with Gasteiger partial charge < -0.3 is 40.9 Å². The SMILES string of the molecule is OC[C@@H](O)[C@H](O)[C@@H]1[C@H](O)C2[C@@H](O)[C@H](O)[C@@H](O)CN2C[C@@H]1O. The summed E-state index contributed by atoms with van der Waals surface area (Å²) in [4.78, 5) is 1.44. The molecule has 1 unspecified atom stereocenters. The molecule has 9 atom stereocenters. The minimum absolute atomic E-state index is 0.0393. The molecule has 0 aromatic carbocycles. The van der Waals surface area contributed by atoms with E-state index >= 15 is 0 Å². The molecule has 0 amide bonds. The number of aliphatic hydroxyl groups excluding tert-OH is 8. The van der Waals surface area contributed by atoms with Gasteiger partial charge in [0.05, 0.1) is 37.1 Å². The Bertz CT molecular complexity index is 352. The lowest BCUT2D eigenvalue weighted by molar-refractivity contribution is -0.218. The van der Waals surface area contributed by atoms with Crippen LogP contribution in [0.5, 0.6) is 0 Å². The van der Waals surface area contributed by atoms with Gasteiger partial charge in [-0.2, -0.15) is 0 Å². The van der Waals surface area contributed by atoms with Gasteiger partial charge in [0.15, 0.2) is 0 Å². The molecular weight excluding hydrogens is 286 g/mol. The molecule has 2 aliphatic heterocycles. The number of hydrogen-bond donors (Lipinski definition) is 8. The van der Waals surface area contributed by atoms with Crippen molar-refractivity contribution in [3.63, 3.8) is 0 Å². The fraction of sp³-hybridized carbons (Fsp3) is 1.00. The van der Waals surface area contributed by atoms with Crippen LogP contribution < -0.4 is 0 Å². The summed E-state index contributed by atoms with van der Waals surface area (Å²) in [5, 5.41) is 78.0. The third-order valence-electron chi connectivity index (χ3n) is 4.52. The third kappa shape index (κ3) is 2.93. The Balaban J connectivity index is 2.21. The fourth-order valence-corrected chi connectivity index (χ4v) is 3.34. The van der Waals surface area contributed by atoms with E-state index in [4.69, 9.17) is 5.11 Å². The van der Waals surface area contributed by atoms with E-state index in [9.17, 15) is 35.7 Å². The van der Waals surface area contributed by atoms with Crippen LogP contribution in [0.2, 0.25) is 0 Å². The van der Waals surface area contributed by atoms with E-state index in [1.54, 1.807) is 0 Å². The van der Waals surface area contributed by atoms with Crippen LogP contribution in [-0.4, -0.2) is 114 Å². The van der Waals surface area contributed by atoms with E-state index in [2.05, 4.69) is 0 Å². The normalized spacial score (nSPS) is 47.7. The molecule has 2 heterocycles. The van der Waals surface area contributed by atoms with Crippen molar-refractivity contribution in [2.75, 3.05) is 19.7 Å². The first-order valence-corrected chi connectivity index (χ1v) is 6.91. The van der Waals surface area contributed by atoms with E-state index in [1.165, 1.54) is 4.90 Å². The molecule has 124 valence electrons. The Kier molecular flexibility index (Phi) is 5.19. The van der Waals surface area contributed by atoms with E-state index in [1.807, 2.05) is 0 Å². The quantitative estimate of drug-likeness (QED) is 0.254. The Morgan fingerprint density at radius 1 is 0.857 bits per heavy atom. The molecule has 9 heteroatoms. The van der Waals surface area contributed by atoms with Gasteiger partial charge in [-0.15, -0.1) is 0 Å². The highest BCUT2D eigenvalue weighted by Crippen LogP contribution is 2.33. The van der Waals surface area contributed by atoms with Crippen LogP contribution in [0.15, 0.2) is 0 Å². The van der Waals surface area contributed by atoms with Gasteiger partial charge in [-0.05, 0) is 0 Å². The Hall–Kier alpha value is -0.360. The summed E-state index contributed by atoms with van der Waals surface area (Å²) in [7, 11) is 0. The van der Waals surface area contributed by atoms with Gasteiger partial charge in [0.1, 0.15) is 18.3 Å². The average Bonchev–Trinajstić information content (AvgIpc) is 2.43. The first kappa shape index (κ1) is 17.0. The van der Waals surface area contributed by atoms with Crippen molar-refractivity contribution in [2.45, 2.75) is 48.8 Å². The Labute approximate surface area is 121 Å².